The topological polar surface area (TPSA) is 137 Å². The lowest BCUT2D eigenvalue weighted by atomic mass is 9.92. The number of nitro benzene ring substituents is 1. The van der Waals surface area contributed by atoms with Gasteiger partial charge in [0.2, 0.25) is 0 Å². The van der Waals surface area contributed by atoms with Gasteiger partial charge < -0.3 is 10.4 Å². The van der Waals surface area contributed by atoms with Gasteiger partial charge in [-0.25, -0.2) is 14.0 Å². The number of allylic oxidation sites excluding steroid dienone is 1. The van der Waals surface area contributed by atoms with Crippen LogP contribution in [0.3, 0.4) is 0 Å². The molecule has 152 valence electrons. The van der Waals surface area contributed by atoms with E-state index in [1.54, 1.807) is 6.07 Å². The highest BCUT2D eigenvalue weighted by atomic mass is 19.1. The van der Waals surface area contributed by atoms with Crippen LogP contribution in [0, 0.1) is 21.4 Å². The number of anilines is 1. The summed E-state index contributed by atoms with van der Waals surface area (Å²) in [5.41, 5.74) is -0.227. The molecule has 9 nitrogen and oxygen atoms in total. The fraction of sp³-hybridized carbons (Fsp3) is 0.150. The van der Waals surface area contributed by atoms with Crippen LogP contribution in [0.25, 0.3) is 0 Å². The maximum absolute atomic E-state index is 13.0. The smallest absolute Gasteiger partial charge is 0.335 e. The first-order valence-corrected chi connectivity index (χ1v) is 8.66. The molecule has 0 fully saturated rings. The lowest BCUT2D eigenvalue weighted by Gasteiger charge is -2.34. The molecule has 2 amide bonds. The van der Waals surface area contributed by atoms with Crippen molar-refractivity contribution in [2.75, 3.05) is 4.90 Å². The Balaban J connectivity index is 2.19. The van der Waals surface area contributed by atoms with Crippen molar-refractivity contribution in [2.45, 2.75) is 19.6 Å². The van der Waals surface area contributed by atoms with E-state index < -0.39 is 35.3 Å². The number of hydrogen-bond acceptors (Lipinski definition) is 5. The van der Waals surface area contributed by atoms with Gasteiger partial charge in [-0.2, -0.15) is 5.26 Å². The number of amides is 2. The zero-order valence-electron chi connectivity index (χ0n) is 15.6. The minimum absolute atomic E-state index is 0.0230. The molecule has 0 aromatic heterocycles. The van der Waals surface area contributed by atoms with E-state index in [0.717, 1.165) is 11.0 Å². The van der Waals surface area contributed by atoms with Gasteiger partial charge in [0.15, 0.2) is 0 Å². The number of aliphatic carboxylic acids is 1. The Kier molecular flexibility index (Phi) is 5.46. The number of halogens is 1. The highest BCUT2D eigenvalue weighted by Gasteiger charge is 2.39. The molecule has 2 aromatic rings. The first-order chi connectivity index (χ1) is 14.3. The van der Waals surface area contributed by atoms with Gasteiger partial charge in [-0.1, -0.05) is 12.1 Å². The van der Waals surface area contributed by atoms with Crippen LogP contribution < -0.4 is 10.2 Å². The lowest BCUT2D eigenvalue weighted by molar-refractivity contribution is -0.385. The van der Waals surface area contributed by atoms with Crippen LogP contribution in [-0.4, -0.2) is 22.0 Å². The van der Waals surface area contributed by atoms with Gasteiger partial charge in [-0.15, -0.1) is 0 Å². The molecule has 1 heterocycles. The number of carboxylic acid groups (broad SMARTS) is 1. The summed E-state index contributed by atoms with van der Waals surface area (Å²) in [4.78, 5) is 36.7. The van der Waals surface area contributed by atoms with E-state index in [0.29, 0.717) is 5.56 Å². The molecular formula is C20H15FN4O5. The summed E-state index contributed by atoms with van der Waals surface area (Å²) in [7, 11) is 0. The summed E-state index contributed by atoms with van der Waals surface area (Å²) < 4.78 is 13.0. The van der Waals surface area contributed by atoms with E-state index in [1.807, 2.05) is 0 Å². The monoisotopic (exact) mass is 410 g/mol. The number of urea groups is 1. The standard InChI is InChI=1S/C20H15FN4O5/c1-11-17(19(26)27)18(15-6-5-13(10-22)8-16(15)25(29)30)23-20(28)24(11)14-4-2-3-12(7-14)9-21/h2-8,18H,9H2,1H3,(H,23,28)(H,26,27)/t18-/m1/s1. The normalized spacial score (nSPS) is 16.1. The quantitative estimate of drug-likeness (QED) is 0.571. The van der Waals surface area contributed by atoms with Crippen LogP contribution in [0.5, 0.6) is 0 Å². The van der Waals surface area contributed by atoms with Crippen molar-refractivity contribution in [3.05, 3.63) is 80.5 Å². The summed E-state index contributed by atoms with van der Waals surface area (Å²) >= 11 is 0. The van der Waals surface area contributed by atoms with Gasteiger partial charge >= 0.3 is 12.0 Å². The molecule has 1 aliphatic rings. The van der Waals surface area contributed by atoms with Crippen LogP contribution in [0.1, 0.15) is 29.7 Å². The van der Waals surface area contributed by atoms with Gasteiger partial charge in [0.1, 0.15) is 6.67 Å². The second-order valence-corrected chi connectivity index (χ2v) is 6.47. The largest absolute Gasteiger partial charge is 0.478 e. The second kappa shape index (κ2) is 8.00. The van der Waals surface area contributed by atoms with E-state index >= 15 is 0 Å². The van der Waals surface area contributed by atoms with Gasteiger partial charge in [0.05, 0.1) is 39.4 Å². The number of benzene rings is 2. The third-order valence-electron chi connectivity index (χ3n) is 4.71. The number of nitrogens with zero attached hydrogens (tertiary/aromatic N) is 3. The minimum Gasteiger partial charge on any atom is -0.478 e. The van der Waals surface area contributed by atoms with Gasteiger partial charge in [0.25, 0.3) is 5.69 Å². The number of nitriles is 1. The summed E-state index contributed by atoms with van der Waals surface area (Å²) in [6, 6.07) is 9.30. The lowest BCUT2D eigenvalue weighted by Crippen LogP contribution is -2.48. The first kappa shape index (κ1) is 20.5. The Morgan fingerprint density at radius 1 is 1.37 bits per heavy atom. The summed E-state index contributed by atoms with van der Waals surface area (Å²) in [6.45, 7) is 0.630. The molecule has 0 aliphatic carbocycles. The minimum atomic E-state index is -1.39. The Morgan fingerprint density at radius 3 is 2.70 bits per heavy atom. The number of rotatable bonds is 5. The van der Waals surface area contributed by atoms with Crippen LogP contribution in [0.4, 0.5) is 20.6 Å². The van der Waals surface area contributed by atoms with Crippen molar-refractivity contribution >= 4 is 23.4 Å². The SMILES string of the molecule is CC1=C(C(=O)O)[C@@H](c2ccc(C#N)cc2[N+](=O)[O-])NC(=O)N1c1cccc(CF)c1. The summed E-state index contributed by atoms with van der Waals surface area (Å²) in [6.07, 6.45) is 0. The number of nitrogens with one attached hydrogen (secondary N) is 1. The van der Waals surface area contributed by atoms with Gasteiger partial charge in [0, 0.05) is 11.8 Å². The fourth-order valence-corrected chi connectivity index (χ4v) is 3.36. The highest BCUT2D eigenvalue weighted by molar-refractivity contribution is 6.02. The zero-order valence-corrected chi connectivity index (χ0v) is 15.6. The highest BCUT2D eigenvalue weighted by Crippen LogP contribution is 2.37. The fourth-order valence-electron chi connectivity index (χ4n) is 3.36. The number of hydrogen-bond donors (Lipinski definition) is 2. The number of alkyl halides is 1. The Morgan fingerprint density at radius 2 is 2.10 bits per heavy atom. The molecule has 30 heavy (non-hydrogen) atoms. The number of carbonyl (C=O) groups is 2. The van der Waals surface area contributed by atoms with Crippen molar-refractivity contribution < 1.29 is 24.0 Å². The number of nitro groups is 1. The van der Waals surface area contributed by atoms with Gasteiger partial charge in [-0.3, -0.25) is 15.0 Å². The van der Waals surface area contributed by atoms with Crippen LogP contribution in [0.15, 0.2) is 53.7 Å². The third kappa shape index (κ3) is 3.56. The van der Waals surface area contributed by atoms with Crippen molar-refractivity contribution in [2.24, 2.45) is 0 Å². The molecule has 2 N–H and O–H groups in total. The molecule has 0 radical (unpaired) electrons. The van der Waals surface area contributed by atoms with E-state index in [-0.39, 0.29) is 28.1 Å². The molecule has 0 bridgehead atoms. The number of carboxylic acids is 1. The Hall–Kier alpha value is -4.26. The van der Waals surface area contributed by atoms with Crippen molar-refractivity contribution in [1.29, 1.82) is 5.26 Å². The molecule has 0 saturated carbocycles. The van der Waals surface area contributed by atoms with Gasteiger partial charge in [-0.05, 0) is 36.8 Å². The summed E-state index contributed by atoms with van der Waals surface area (Å²) in [5.74, 6) is -1.39. The zero-order chi connectivity index (χ0) is 22.0. The maximum atomic E-state index is 13.0. The Bertz CT molecular complexity index is 1140. The van der Waals surface area contributed by atoms with Crippen LogP contribution >= 0.6 is 0 Å². The second-order valence-electron chi connectivity index (χ2n) is 6.47. The third-order valence-corrected chi connectivity index (χ3v) is 4.71. The molecule has 1 aliphatic heterocycles. The predicted octanol–water partition coefficient (Wildman–Crippen LogP) is 3.57. The van der Waals surface area contributed by atoms with E-state index in [4.69, 9.17) is 5.26 Å². The van der Waals surface area contributed by atoms with Crippen molar-refractivity contribution in [3.63, 3.8) is 0 Å². The average Bonchev–Trinajstić information content (AvgIpc) is 2.72. The van der Waals surface area contributed by atoms with E-state index in [1.165, 1.54) is 43.3 Å². The molecule has 10 heteroatoms. The first-order valence-electron chi connectivity index (χ1n) is 8.66. The maximum Gasteiger partial charge on any atom is 0.335 e. The molecule has 2 aromatic carbocycles. The van der Waals surface area contributed by atoms with Crippen molar-refractivity contribution in [1.82, 2.24) is 5.32 Å². The molecular weight excluding hydrogens is 395 g/mol. The predicted molar refractivity (Wildman–Crippen MR) is 103 cm³/mol. The van der Waals surface area contributed by atoms with E-state index in [9.17, 15) is 29.2 Å². The Labute approximate surface area is 169 Å². The van der Waals surface area contributed by atoms with Crippen molar-refractivity contribution in [3.8, 4) is 6.07 Å². The van der Waals surface area contributed by atoms with Crippen LogP contribution in [-0.2, 0) is 11.5 Å². The molecule has 0 saturated heterocycles. The molecule has 3 rings (SSSR count). The molecule has 1 atom stereocenters. The van der Waals surface area contributed by atoms with E-state index in [2.05, 4.69) is 5.32 Å². The van der Waals surface area contributed by atoms with Crippen LogP contribution in [0.2, 0.25) is 0 Å². The summed E-state index contributed by atoms with van der Waals surface area (Å²) in [5, 5.41) is 32.8. The molecule has 0 unspecified atom stereocenters. The molecule has 0 spiro atoms. The number of carbonyl (C=O) groups excluding carboxylic acids is 1. The average molecular weight is 410 g/mol.